The van der Waals surface area contributed by atoms with Crippen LogP contribution in [0.5, 0.6) is 0 Å². The minimum atomic E-state index is -0.583. The number of aliphatic hydroxyl groups is 1. The SMILES string of the molecule is CCC(C)C(CO)Nc1ccc([N+](=O)[O-])c(C#N)c1. The molecule has 0 aromatic heterocycles. The lowest BCUT2D eigenvalue weighted by atomic mass is 9.99. The van der Waals surface area contributed by atoms with E-state index >= 15 is 0 Å². The predicted molar refractivity (Wildman–Crippen MR) is 71.8 cm³/mol. The van der Waals surface area contributed by atoms with E-state index in [4.69, 9.17) is 5.26 Å². The number of benzene rings is 1. The molecule has 1 aromatic carbocycles. The highest BCUT2D eigenvalue weighted by molar-refractivity contribution is 5.59. The van der Waals surface area contributed by atoms with Crippen LogP contribution in [0.2, 0.25) is 0 Å². The first-order valence-electron chi connectivity index (χ1n) is 6.09. The number of nitriles is 1. The van der Waals surface area contributed by atoms with Crippen LogP contribution in [0.25, 0.3) is 0 Å². The van der Waals surface area contributed by atoms with Crippen molar-refractivity contribution in [1.82, 2.24) is 0 Å². The summed E-state index contributed by atoms with van der Waals surface area (Å²) in [4.78, 5) is 10.1. The van der Waals surface area contributed by atoms with Crippen molar-refractivity contribution in [3.05, 3.63) is 33.9 Å². The van der Waals surface area contributed by atoms with Gasteiger partial charge in [-0.05, 0) is 18.1 Å². The second-order valence-electron chi connectivity index (χ2n) is 4.42. The van der Waals surface area contributed by atoms with Crippen LogP contribution in [0.3, 0.4) is 0 Å². The van der Waals surface area contributed by atoms with E-state index in [9.17, 15) is 15.2 Å². The Hall–Kier alpha value is -2.13. The summed E-state index contributed by atoms with van der Waals surface area (Å²) in [7, 11) is 0. The monoisotopic (exact) mass is 263 g/mol. The van der Waals surface area contributed by atoms with Gasteiger partial charge in [-0.1, -0.05) is 20.3 Å². The van der Waals surface area contributed by atoms with Gasteiger partial charge < -0.3 is 10.4 Å². The van der Waals surface area contributed by atoms with Crippen molar-refractivity contribution < 1.29 is 10.0 Å². The number of nitro groups is 1. The average molecular weight is 263 g/mol. The molecule has 0 amide bonds. The van der Waals surface area contributed by atoms with Gasteiger partial charge in [-0.25, -0.2) is 0 Å². The summed E-state index contributed by atoms with van der Waals surface area (Å²) in [5.74, 6) is 0.255. The number of nitrogens with one attached hydrogen (secondary N) is 1. The van der Waals surface area contributed by atoms with Gasteiger partial charge in [0.1, 0.15) is 11.6 Å². The molecule has 19 heavy (non-hydrogen) atoms. The van der Waals surface area contributed by atoms with E-state index in [1.54, 1.807) is 6.07 Å². The first-order valence-corrected chi connectivity index (χ1v) is 6.09. The van der Waals surface area contributed by atoms with Crippen LogP contribution < -0.4 is 5.32 Å². The third kappa shape index (κ3) is 3.66. The molecule has 0 spiro atoms. The Labute approximate surface area is 111 Å². The molecule has 6 heteroatoms. The fourth-order valence-corrected chi connectivity index (χ4v) is 1.74. The van der Waals surface area contributed by atoms with Crippen molar-refractivity contribution in [1.29, 1.82) is 5.26 Å². The molecule has 1 aromatic rings. The van der Waals surface area contributed by atoms with E-state index in [1.807, 2.05) is 19.9 Å². The molecule has 102 valence electrons. The molecule has 0 radical (unpaired) electrons. The van der Waals surface area contributed by atoms with Gasteiger partial charge in [0, 0.05) is 11.8 Å². The van der Waals surface area contributed by atoms with Gasteiger partial charge in [0.15, 0.2) is 0 Å². The third-order valence-electron chi connectivity index (χ3n) is 3.19. The Bertz CT molecular complexity index is 496. The molecule has 2 N–H and O–H groups in total. The summed E-state index contributed by atoms with van der Waals surface area (Å²) in [6.07, 6.45) is 0.899. The first-order chi connectivity index (χ1) is 9.03. The Morgan fingerprint density at radius 3 is 2.74 bits per heavy atom. The zero-order valence-electron chi connectivity index (χ0n) is 11.0. The van der Waals surface area contributed by atoms with E-state index in [2.05, 4.69) is 5.32 Å². The quantitative estimate of drug-likeness (QED) is 0.606. The summed E-state index contributed by atoms with van der Waals surface area (Å²) in [6, 6.07) is 5.94. The summed E-state index contributed by atoms with van der Waals surface area (Å²) in [5.41, 5.74) is 0.398. The molecule has 2 atom stereocenters. The molecule has 0 saturated heterocycles. The number of nitro benzene ring substituents is 1. The summed E-state index contributed by atoms with van der Waals surface area (Å²) < 4.78 is 0. The summed E-state index contributed by atoms with van der Waals surface area (Å²) in [5, 5.41) is 32.0. The number of aliphatic hydroxyl groups excluding tert-OH is 1. The second-order valence-corrected chi connectivity index (χ2v) is 4.42. The van der Waals surface area contributed by atoms with Crippen molar-refractivity contribution in [2.45, 2.75) is 26.3 Å². The zero-order valence-corrected chi connectivity index (χ0v) is 11.0. The Morgan fingerprint density at radius 1 is 1.58 bits per heavy atom. The van der Waals surface area contributed by atoms with Crippen LogP contribution in [0.1, 0.15) is 25.8 Å². The van der Waals surface area contributed by atoms with E-state index < -0.39 is 4.92 Å². The molecule has 0 aliphatic heterocycles. The second kappa shape index (κ2) is 6.71. The summed E-state index contributed by atoms with van der Waals surface area (Å²) in [6.45, 7) is 3.99. The lowest BCUT2D eigenvalue weighted by molar-refractivity contribution is -0.385. The maximum atomic E-state index is 10.7. The van der Waals surface area contributed by atoms with Crippen molar-refractivity contribution in [3.8, 4) is 6.07 Å². The van der Waals surface area contributed by atoms with Gasteiger partial charge >= 0.3 is 0 Å². The molecule has 0 heterocycles. The van der Waals surface area contributed by atoms with Gasteiger partial charge in [0.2, 0.25) is 0 Å². The number of hydrogen-bond acceptors (Lipinski definition) is 5. The van der Waals surface area contributed by atoms with E-state index in [1.165, 1.54) is 12.1 Å². The van der Waals surface area contributed by atoms with Crippen LogP contribution in [0.4, 0.5) is 11.4 Å². The zero-order chi connectivity index (χ0) is 14.4. The molecule has 0 aliphatic carbocycles. The number of hydrogen-bond donors (Lipinski definition) is 2. The van der Waals surface area contributed by atoms with Gasteiger partial charge in [0.05, 0.1) is 17.6 Å². The highest BCUT2D eigenvalue weighted by Gasteiger charge is 2.17. The van der Waals surface area contributed by atoms with Crippen molar-refractivity contribution >= 4 is 11.4 Å². The summed E-state index contributed by atoms with van der Waals surface area (Å²) >= 11 is 0. The van der Waals surface area contributed by atoms with Crippen molar-refractivity contribution in [2.24, 2.45) is 5.92 Å². The topological polar surface area (TPSA) is 99.2 Å². The Kier molecular flexibility index (Phi) is 5.27. The van der Waals surface area contributed by atoms with E-state index in [-0.39, 0.29) is 29.8 Å². The maximum Gasteiger partial charge on any atom is 0.287 e. The van der Waals surface area contributed by atoms with Gasteiger partial charge in [-0.3, -0.25) is 10.1 Å². The molecule has 0 aliphatic rings. The van der Waals surface area contributed by atoms with E-state index in [0.717, 1.165) is 6.42 Å². The smallest absolute Gasteiger partial charge is 0.287 e. The molecular weight excluding hydrogens is 246 g/mol. The average Bonchev–Trinajstić information content (AvgIpc) is 2.43. The van der Waals surface area contributed by atoms with Crippen LogP contribution in [0.15, 0.2) is 18.2 Å². The lowest BCUT2D eigenvalue weighted by Crippen LogP contribution is -2.30. The highest BCUT2D eigenvalue weighted by Crippen LogP contribution is 2.23. The minimum Gasteiger partial charge on any atom is -0.394 e. The van der Waals surface area contributed by atoms with E-state index in [0.29, 0.717) is 5.69 Å². The minimum absolute atomic E-state index is 0.0100. The first kappa shape index (κ1) is 14.9. The predicted octanol–water partition coefficient (Wildman–Crippen LogP) is 2.29. The fourth-order valence-electron chi connectivity index (χ4n) is 1.74. The van der Waals surface area contributed by atoms with Crippen molar-refractivity contribution in [3.63, 3.8) is 0 Å². The molecule has 0 bridgehead atoms. The largest absolute Gasteiger partial charge is 0.394 e. The molecule has 2 unspecified atom stereocenters. The van der Waals surface area contributed by atoms with Gasteiger partial charge in [0.25, 0.3) is 5.69 Å². The normalized spacial score (nSPS) is 13.4. The third-order valence-corrected chi connectivity index (χ3v) is 3.19. The lowest BCUT2D eigenvalue weighted by Gasteiger charge is -2.23. The number of nitrogens with zero attached hydrogens (tertiary/aromatic N) is 2. The maximum absolute atomic E-state index is 10.7. The van der Waals surface area contributed by atoms with Crippen LogP contribution in [-0.2, 0) is 0 Å². The Balaban J connectivity index is 2.97. The standard InChI is InChI=1S/C13H17N3O3/c1-3-9(2)12(8-17)15-11-4-5-13(16(18)19)10(6-11)7-14/h4-6,9,12,15,17H,3,8H2,1-2H3. The van der Waals surface area contributed by atoms with Crippen LogP contribution in [-0.4, -0.2) is 22.7 Å². The van der Waals surface area contributed by atoms with Gasteiger partial charge in [-0.2, -0.15) is 5.26 Å². The molecule has 0 fully saturated rings. The Morgan fingerprint density at radius 2 is 2.26 bits per heavy atom. The highest BCUT2D eigenvalue weighted by atomic mass is 16.6. The molecule has 6 nitrogen and oxygen atoms in total. The molecule has 0 saturated carbocycles. The molecular formula is C13H17N3O3. The van der Waals surface area contributed by atoms with Crippen LogP contribution in [0, 0.1) is 27.4 Å². The van der Waals surface area contributed by atoms with Crippen LogP contribution >= 0.6 is 0 Å². The fraction of sp³-hybridized carbons (Fsp3) is 0.462. The van der Waals surface area contributed by atoms with Gasteiger partial charge in [-0.15, -0.1) is 0 Å². The van der Waals surface area contributed by atoms with Crippen molar-refractivity contribution in [2.75, 3.05) is 11.9 Å². The number of rotatable bonds is 6. The number of anilines is 1. The molecule has 1 rings (SSSR count).